The number of piperidine rings is 1. The first-order valence-corrected chi connectivity index (χ1v) is 10.8. The van der Waals surface area contributed by atoms with Gasteiger partial charge in [-0.25, -0.2) is 4.79 Å². The average Bonchev–Trinajstić information content (AvgIpc) is 2.74. The Bertz CT molecular complexity index is 701. The van der Waals surface area contributed by atoms with E-state index >= 15 is 0 Å². The summed E-state index contributed by atoms with van der Waals surface area (Å²) in [5.74, 6) is -0.139. The van der Waals surface area contributed by atoms with Crippen molar-refractivity contribution in [3.8, 4) is 0 Å². The number of para-hydroxylation sites is 1. The zero-order chi connectivity index (χ0) is 19.6. The molecule has 1 aliphatic rings. The van der Waals surface area contributed by atoms with Gasteiger partial charge < -0.3 is 10.0 Å². The summed E-state index contributed by atoms with van der Waals surface area (Å²) < 4.78 is 0. The van der Waals surface area contributed by atoms with Gasteiger partial charge in [0.25, 0.3) is 0 Å². The number of carboxylic acid groups (broad SMARTS) is 1. The third kappa shape index (κ3) is 6.12. The summed E-state index contributed by atoms with van der Waals surface area (Å²) in [6.45, 7) is 0.850. The van der Waals surface area contributed by atoms with E-state index < -0.39 is 5.97 Å². The van der Waals surface area contributed by atoms with Crippen LogP contribution in [0.5, 0.6) is 0 Å². The number of unbranched alkanes of at least 4 members (excludes halogenated alkanes) is 4. The van der Waals surface area contributed by atoms with E-state index in [2.05, 4.69) is 35.2 Å². The number of hydrogen-bond acceptors (Lipinski definition) is 2. The normalized spacial score (nSPS) is 19.5. The minimum absolute atomic E-state index is 0.382. The lowest BCUT2D eigenvalue weighted by Crippen LogP contribution is -2.47. The molecule has 1 fully saturated rings. The predicted molar refractivity (Wildman–Crippen MR) is 116 cm³/mol. The van der Waals surface area contributed by atoms with Crippen molar-refractivity contribution in [1.82, 2.24) is 0 Å². The van der Waals surface area contributed by atoms with Gasteiger partial charge in [-0.1, -0.05) is 80.6 Å². The summed E-state index contributed by atoms with van der Waals surface area (Å²) >= 11 is 0. The van der Waals surface area contributed by atoms with Gasteiger partial charge in [0.2, 0.25) is 0 Å². The van der Waals surface area contributed by atoms with Crippen LogP contribution in [0.4, 0.5) is 5.69 Å². The summed E-state index contributed by atoms with van der Waals surface area (Å²) in [6.07, 6.45) is 10.6. The van der Waals surface area contributed by atoms with Crippen LogP contribution in [-0.4, -0.2) is 23.7 Å². The Balaban J connectivity index is 1.34. The number of nitrogens with zero attached hydrogens (tertiary/aromatic N) is 1. The molecular weight excluding hydrogens is 346 g/mol. The van der Waals surface area contributed by atoms with Gasteiger partial charge in [-0.3, -0.25) is 0 Å². The monoisotopic (exact) mass is 379 g/mol. The highest BCUT2D eigenvalue weighted by atomic mass is 16.4. The molecule has 0 aliphatic carbocycles. The van der Waals surface area contributed by atoms with E-state index in [-0.39, 0.29) is 6.04 Å². The molecule has 2 atom stereocenters. The highest BCUT2D eigenvalue weighted by molar-refractivity contribution is 5.78. The van der Waals surface area contributed by atoms with Crippen LogP contribution in [0.2, 0.25) is 0 Å². The van der Waals surface area contributed by atoms with Gasteiger partial charge in [0, 0.05) is 12.2 Å². The summed E-state index contributed by atoms with van der Waals surface area (Å²) in [5.41, 5.74) is 2.47. The number of benzene rings is 2. The van der Waals surface area contributed by atoms with Crippen molar-refractivity contribution in [3.63, 3.8) is 0 Å². The number of aryl methyl sites for hydroxylation is 1. The van der Waals surface area contributed by atoms with E-state index in [4.69, 9.17) is 0 Å². The standard InChI is InChI=1S/C25H33NO2/c27-25(28)24-20-22(18-19-26(24)23-16-10-5-11-17-23)15-7-3-1-2-6-12-21-13-8-4-9-14-21/h4-5,8-11,13-14,16-17,22,24H,1-3,6-7,12,15,18-20H2,(H,27,28). The van der Waals surface area contributed by atoms with Gasteiger partial charge in [0.05, 0.1) is 0 Å². The van der Waals surface area contributed by atoms with Crippen molar-refractivity contribution in [3.05, 3.63) is 66.2 Å². The lowest BCUT2D eigenvalue weighted by molar-refractivity contribution is -0.139. The minimum atomic E-state index is -0.686. The Morgan fingerprint density at radius 3 is 2.25 bits per heavy atom. The highest BCUT2D eigenvalue weighted by Crippen LogP contribution is 2.31. The summed E-state index contributed by atoms with van der Waals surface area (Å²) in [4.78, 5) is 13.9. The summed E-state index contributed by atoms with van der Waals surface area (Å²) in [7, 11) is 0. The lowest BCUT2D eigenvalue weighted by Gasteiger charge is -2.38. The van der Waals surface area contributed by atoms with Crippen LogP contribution >= 0.6 is 0 Å². The molecule has 1 saturated heterocycles. The fourth-order valence-electron chi connectivity index (χ4n) is 4.40. The molecule has 28 heavy (non-hydrogen) atoms. The highest BCUT2D eigenvalue weighted by Gasteiger charge is 2.33. The van der Waals surface area contributed by atoms with E-state index in [1.54, 1.807) is 0 Å². The SMILES string of the molecule is O=C(O)C1CC(CCCCCCCc2ccccc2)CCN1c1ccccc1. The van der Waals surface area contributed by atoms with Crippen LogP contribution in [0.3, 0.4) is 0 Å². The second-order valence-electron chi connectivity index (χ2n) is 8.07. The number of hydrogen-bond donors (Lipinski definition) is 1. The molecule has 2 aromatic rings. The zero-order valence-electron chi connectivity index (χ0n) is 16.8. The molecule has 1 aliphatic heterocycles. The van der Waals surface area contributed by atoms with E-state index in [0.29, 0.717) is 5.92 Å². The van der Waals surface area contributed by atoms with Crippen LogP contribution in [0.1, 0.15) is 56.9 Å². The van der Waals surface area contributed by atoms with Crippen molar-refractivity contribution >= 4 is 11.7 Å². The van der Waals surface area contributed by atoms with Crippen LogP contribution in [0.25, 0.3) is 0 Å². The van der Waals surface area contributed by atoms with E-state index in [0.717, 1.165) is 25.1 Å². The maximum atomic E-state index is 11.8. The predicted octanol–water partition coefficient (Wildman–Crippen LogP) is 5.94. The fraction of sp³-hybridized carbons (Fsp3) is 0.480. The second-order valence-corrected chi connectivity index (χ2v) is 8.07. The minimum Gasteiger partial charge on any atom is -0.480 e. The first-order chi connectivity index (χ1) is 13.7. The maximum absolute atomic E-state index is 11.8. The van der Waals surface area contributed by atoms with E-state index in [1.807, 2.05) is 30.3 Å². The van der Waals surface area contributed by atoms with Crippen LogP contribution < -0.4 is 4.90 Å². The molecule has 3 nitrogen and oxygen atoms in total. The molecule has 0 saturated carbocycles. The first-order valence-electron chi connectivity index (χ1n) is 10.8. The molecule has 0 bridgehead atoms. The quantitative estimate of drug-likeness (QED) is 0.519. The molecule has 150 valence electrons. The van der Waals surface area contributed by atoms with E-state index in [1.165, 1.54) is 50.5 Å². The van der Waals surface area contributed by atoms with Gasteiger partial charge in [0.15, 0.2) is 0 Å². The third-order valence-electron chi connectivity index (χ3n) is 6.00. The van der Waals surface area contributed by atoms with Crippen molar-refractivity contribution in [1.29, 1.82) is 0 Å². The molecule has 0 amide bonds. The Hall–Kier alpha value is -2.29. The first kappa shape index (κ1) is 20.4. The van der Waals surface area contributed by atoms with Gasteiger partial charge >= 0.3 is 5.97 Å². The van der Waals surface area contributed by atoms with Crippen LogP contribution in [0.15, 0.2) is 60.7 Å². The largest absolute Gasteiger partial charge is 0.480 e. The number of carboxylic acids is 1. The Morgan fingerprint density at radius 1 is 0.893 bits per heavy atom. The van der Waals surface area contributed by atoms with Crippen LogP contribution in [-0.2, 0) is 11.2 Å². The van der Waals surface area contributed by atoms with Crippen LogP contribution in [0, 0.1) is 5.92 Å². The number of anilines is 1. The molecule has 2 aromatic carbocycles. The van der Waals surface area contributed by atoms with Crippen molar-refractivity contribution in [2.75, 3.05) is 11.4 Å². The summed E-state index contributed by atoms with van der Waals surface area (Å²) in [5, 5.41) is 9.71. The lowest BCUT2D eigenvalue weighted by atomic mass is 9.86. The molecular formula is C25H33NO2. The number of aliphatic carboxylic acids is 1. The molecule has 0 radical (unpaired) electrons. The Morgan fingerprint density at radius 2 is 1.54 bits per heavy atom. The smallest absolute Gasteiger partial charge is 0.326 e. The van der Waals surface area contributed by atoms with Crippen molar-refractivity contribution in [2.24, 2.45) is 5.92 Å². The summed E-state index contributed by atoms with van der Waals surface area (Å²) in [6, 6.07) is 20.3. The van der Waals surface area contributed by atoms with Gasteiger partial charge in [0.1, 0.15) is 6.04 Å². The topological polar surface area (TPSA) is 40.5 Å². The maximum Gasteiger partial charge on any atom is 0.326 e. The van der Waals surface area contributed by atoms with Crippen molar-refractivity contribution < 1.29 is 9.90 Å². The fourth-order valence-corrected chi connectivity index (χ4v) is 4.40. The second kappa shape index (κ2) is 10.9. The number of carbonyl (C=O) groups is 1. The zero-order valence-corrected chi connectivity index (χ0v) is 16.8. The van der Waals surface area contributed by atoms with Crippen molar-refractivity contribution in [2.45, 2.75) is 63.8 Å². The molecule has 1 heterocycles. The van der Waals surface area contributed by atoms with Gasteiger partial charge in [-0.2, -0.15) is 0 Å². The third-order valence-corrected chi connectivity index (χ3v) is 6.00. The van der Waals surface area contributed by atoms with E-state index in [9.17, 15) is 9.90 Å². The molecule has 1 N–H and O–H groups in total. The Kier molecular flexibility index (Phi) is 7.95. The van der Waals surface area contributed by atoms with Gasteiger partial charge in [-0.05, 0) is 49.3 Å². The molecule has 3 heteroatoms. The average molecular weight is 380 g/mol. The van der Waals surface area contributed by atoms with Gasteiger partial charge in [-0.15, -0.1) is 0 Å². The number of rotatable bonds is 10. The Labute approximate surface area is 169 Å². The molecule has 0 spiro atoms. The molecule has 0 aromatic heterocycles. The molecule has 3 rings (SSSR count). The molecule has 2 unspecified atom stereocenters.